The second kappa shape index (κ2) is 5.66. The molecule has 0 bridgehead atoms. The maximum atomic E-state index is 5.91. The Morgan fingerprint density at radius 3 is 2.80 bits per heavy atom. The highest BCUT2D eigenvalue weighted by Crippen LogP contribution is 2.23. The average Bonchev–Trinajstić information content (AvgIpc) is 2.30. The molecule has 86 valence electrons. The van der Waals surface area contributed by atoms with Gasteiger partial charge < -0.3 is 9.47 Å². The first-order valence-electron chi connectivity index (χ1n) is 6.22. The van der Waals surface area contributed by atoms with Crippen LogP contribution < -0.4 is 0 Å². The summed E-state index contributed by atoms with van der Waals surface area (Å²) in [6.45, 7) is 4.94. The van der Waals surface area contributed by atoms with E-state index in [0.717, 1.165) is 38.6 Å². The van der Waals surface area contributed by atoms with Gasteiger partial charge in [0.25, 0.3) is 0 Å². The van der Waals surface area contributed by atoms with Crippen LogP contribution in [0.4, 0.5) is 0 Å². The summed E-state index contributed by atoms with van der Waals surface area (Å²) < 4.78 is 11.2. The highest BCUT2D eigenvalue weighted by molar-refractivity contribution is 5.06. The number of hydrogen-bond donors (Lipinski definition) is 0. The molecule has 1 aliphatic heterocycles. The first-order chi connectivity index (χ1) is 7.34. The molecule has 0 saturated carbocycles. The fraction of sp³-hybridized carbons (Fsp3) is 0.846. The van der Waals surface area contributed by atoms with Crippen molar-refractivity contribution in [3.8, 4) is 0 Å². The lowest BCUT2D eigenvalue weighted by Crippen LogP contribution is -2.24. The molecule has 0 aromatic carbocycles. The third-order valence-electron chi connectivity index (χ3n) is 3.44. The van der Waals surface area contributed by atoms with Crippen molar-refractivity contribution in [2.75, 3.05) is 19.8 Å². The molecule has 2 heteroatoms. The number of rotatable bonds is 3. The van der Waals surface area contributed by atoms with E-state index in [4.69, 9.17) is 9.47 Å². The van der Waals surface area contributed by atoms with Gasteiger partial charge in [-0.2, -0.15) is 0 Å². The van der Waals surface area contributed by atoms with E-state index in [1.54, 1.807) is 0 Å². The Kier molecular flexibility index (Phi) is 4.21. The van der Waals surface area contributed by atoms with Crippen LogP contribution in [0.25, 0.3) is 0 Å². The van der Waals surface area contributed by atoms with Crippen molar-refractivity contribution in [3.05, 3.63) is 11.6 Å². The molecule has 0 N–H and O–H groups in total. The number of hydrogen-bond acceptors (Lipinski definition) is 2. The van der Waals surface area contributed by atoms with Gasteiger partial charge in [0.05, 0.1) is 12.7 Å². The van der Waals surface area contributed by atoms with Crippen molar-refractivity contribution in [3.63, 3.8) is 0 Å². The largest absolute Gasteiger partial charge is 0.381 e. The van der Waals surface area contributed by atoms with Gasteiger partial charge in [-0.05, 0) is 43.6 Å². The van der Waals surface area contributed by atoms with Gasteiger partial charge in [0.15, 0.2) is 0 Å². The normalized spacial score (nSPS) is 28.9. The van der Waals surface area contributed by atoms with Crippen molar-refractivity contribution in [2.45, 2.75) is 45.1 Å². The molecular weight excluding hydrogens is 188 g/mol. The quantitative estimate of drug-likeness (QED) is 0.667. The van der Waals surface area contributed by atoms with Crippen LogP contribution in [0.5, 0.6) is 0 Å². The maximum Gasteiger partial charge on any atom is 0.0680 e. The summed E-state index contributed by atoms with van der Waals surface area (Å²) in [5, 5.41) is 0. The molecule has 1 fully saturated rings. The molecule has 1 atom stereocenters. The molecule has 0 aromatic heterocycles. The maximum absolute atomic E-state index is 5.91. The molecule has 1 aliphatic carbocycles. The lowest BCUT2D eigenvalue weighted by molar-refractivity contribution is -0.0250. The fourth-order valence-corrected chi connectivity index (χ4v) is 2.22. The van der Waals surface area contributed by atoms with E-state index in [1.807, 2.05) is 0 Å². The van der Waals surface area contributed by atoms with Crippen LogP contribution >= 0.6 is 0 Å². The van der Waals surface area contributed by atoms with Gasteiger partial charge in [-0.1, -0.05) is 13.0 Å². The zero-order valence-corrected chi connectivity index (χ0v) is 9.71. The Bertz CT molecular complexity index is 217. The summed E-state index contributed by atoms with van der Waals surface area (Å²) >= 11 is 0. The number of allylic oxidation sites excluding steroid dienone is 1. The first-order valence-corrected chi connectivity index (χ1v) is 6.22. The molecular formula is C13H22O2. The van der Waals surface area contributed by atoms with Gasteiger partial charge in [-0.25, -0.2) is 0 Å². The van der Waals surface area contributed by atoms with Crippen molar-refractivity contribution in [1.29, 1.82) is 0 Å². The Labute approximate surface area is 92.6 Å². The van der Waals surface area contributed by atoms with E-state index in [9.17, 15) is 0 Å². The molecule has 2 nitrogen and oxygen atoms in total. The highest BCUT2D eigenvalue weighted by Gasteiger charge is 2.16. The van der Waals surface area contributed by atoms with Gasteiger partial charge in [-0.3, -0.25) is 0 Å². The topological polar surface area (TPSA) is 18.5 Å². The Morgan fingerprint density at radius 1 is 1.33 bits per heavy atom. The third-order valence-corrected chi connectivity index (χ3v) is 3.44. The Morgan fingerprint density at radius 2 is 2.13 bits per heavy atom. The van der Waals surface area contributed by atoms with Crippen LogP contribution in [0.2, 0.25) is 0 Å². The molecule has 2 aliphatic rings. The smallest absolute Gasteiger partial charge is 0.0680 e. The Balaban J connectivity index is 1.68. The van der Waals surface area contributed by atoms with Gasteiger partial charge in [-0.15, -0.1) is 0 Å². The molecule has 15 heavy (non-hydrogen) atoms. The summed E-state index contributed by atoms with van der Waals surface area (Å²) in [6.07, 6.45) is 8.79. The van der Waals surface area contributed by atoms with E-state index in [1.165, 1.54) is 24.8 Å². The average molecular weight is 210 g/mol. The number of ether oxygens (including phenoxy) is 2. The van der Waals surface area contributed by atoms with Gasteiger partial charge >= 0.3 is 0 Å². The summed E-state index contributed by atoms with van der Waals surface area (Å²) in [6, 6.07) is 0. The molecule has 0 spiro atoms. The predicted molar refractivity (Wildman–Crippen MR) is 60.9 cm³/mol. The zero-order chi connectivity index (χ0) is 10.5. The molecule has 0 aromatic rings. The van der Waals surface area contributed by atoms with Crippen LogP contribution in [0, 0.1) is 5.92 Å². The Hall–Kier alpha value is -0.340. The summed E-state index contributed by atoms with van der Waals surface area (Å²) in [4.78, 5) is 0. The summed E-state index contributed by atoms with van der Waals surface area (Å²) in [7, 11) is 0. The first kappa shape index (κ1) is 11.2. The molecule has 1 heterocycles. The van der Waals surface area contributed by atoms with Crippen molar-refractivity contribution in [1.82, 2.24) is 0 Å². The predicted octanol–water partition coefficient (Wildman–Crippen LogP) is 2.93. The molecule has 0 radical (unpaired) electrons. The van der Waals surface area contributed by atoms with Gasteiger partial charge in [0.2, 0.25) is 0 Å². The molecule has 0 amide bonds. The van der Waals surface area contributed by atoms with E-state index in [0.29, 0.717) is 6.10 Å². The van der Waals surface area contributed by atoms with Crippen molar-refractivity contribution in [2.24, 2.45) is 5.92 Å². The molecule has 1 saturated heterocycles. The van der Waals surface area contributed by atoms with Crippen LogP contribution in [-0.4, -0.2) is 25.9 Å². The van der Waals surface area contributed by atoms with E-state index in [-0.39, 0.29) is 0 Å². The minimum atomic E-state index is 0.444. The monoisotopic (exact) mass is 210 g/mol. The SMILES string of the molecule is CC1CC=C(COC2CCOCC2)CC1. The summed E-state index contributed by atoms with van der Waals surface area (Å²) in [5.74, 6) is 0.872. The van der Waals surface area contributed by atoms with E-state index < -0.39 is 0 Å². The van der Waals surface area contributed by atoms with Crippen molar-refractivity contribution >= 4 is 0 Å². The van der Waals surface area contributed by atoms with Crippen LogP contribution in [0.1, 0.15) is 39.0 Å². The standard InChI is InChI=1S/C13H22O2/c1-11-2-4-12(5-3-11)10-15-13-6-8-14-9-7-13/h4,11,13H,2-3,5-10H2,1H3. The lowest BCUT2D eigenvalue weighted by atomic mass is 9.91. The third kappa shape index (κ3) is 3.62. The van der Waals surface area contributed by atoms with Gasteiger partial charge in [0, 0.05) is 13.2 Å². The van der Waals surface area contributed by atoms with E-state index in [2.05, 4.69) is 13.0 Å². The minimum Gasteiger partial charge on any atom is -0.381 e. The molecule has 1 unspecified atom stereocenters. The van der Waals surface area contributed by atoms with Crippen LogP contribution in [0.3, 0.4) is 0 Å². The minimum absolute atomic E-state index is 0.444. The second-order valence-corrected chi connectivity index (χ2v) is 4.86. The van der Waals surface area contributed by atoms with Gasteiger partial charge in [0.1, 0.15) is 0 Å². The fourth-order valence-electron chi connectivity index (χ4n) is 2.22. The van der Waals surface area contributed by atoms with Crippen LogP contribution in [0.15, 0.2) is 11.6 Å². The second-order valence-electron chi connectivity index (χ2n) is 4.86. The molecule has 2 rings (SSSR count). The van der Waals surface area contributed by atoms with Crippen LogP contribution in [-0.2, 0) is 9.47 Å². The highest BCUT2D eigenvalue weighted by atomic mass is 16.5. The summed E-state index contributed by atoms with van der Waals surface area (Å²) in [5.41, 5.74) is 1.51. The lowest BCUT2D eigenvalue weighted by Gasteiger charge is -2.24. The zero-order valence-electron chi connectivity index (χ0n) is 9.71. The van der Waals surface area contributed by atoms with E-state index >= 15 is 0 Å². The van der Waals surface area contributed by atoms with Crippen molar-refractivity contribution < 1.29 is 9.47 Å².